The van der Waals surface area contributed by atoms with Crippen molar-refractivity contribution < 1.29 is 19.1 Å². The minimum absolute atomic E-state index is 0.0655. The third-order valence-electron chi connectivity index (χ3n) is 4.59. The van der Waals surface area contributed by atoms with E-state index >= 15 is 0 Å². The summed E-state index contributed by atoms with van der Waals surface area (Å²) in [6.45, 7) is 7.21. The topological polar surface area (TPSA) is 55.8 Å². The first kappa shape index (κ1) is 19.4. The molecule has 0 radical (unpaired) electrons. The molecule has 27 heavy (non-hydrogen) atoms. The van der Waals surface area contributed by atoms with Gasteiger partial charge < -0.3 is 14.4 Å². The highest BCUT2D eigenvalue weighted by atomic mass is 32.1. The van der Waals surface area contributed by atoms with Gasteiger partial charge in [-0.15, -0.1) is 11.3 Å². The molecule has 0 unspecified atom stereocenters. The Morgan fingerprint density at radius 3 is 2.56 bits per heavy atom. The van der Waals surface area contributed by atoms with E-state index in [-0.39, 0.29) is 24.5 Å². The molecule has 0 saturated heterocycles. The Kier molecular flexibility index (Phi) is 5.85. The molecule has 6 heteroatoms. The van der Waals surface area contributed by atoms with Gasteiger partial charge in [-0.05, 0) is 46.5 Å². The van der Waals surface area contributed by atoms with Gasteiger partial charge in [0.05, 0.1) is 0 Å². The van der Waals surface area contributed by atoms with Crippen LogP contribution in [0.5, 0.6) is 5.75 Å². The van der Waals surface area contributed by atoms with Crippen LogP contribution >= 0.6 is 11.3 Å². The van der Waals surface area contributed by atoms with Gasteiger partial charge in [-0.1, -0.05) is 32.9 Å². The van der Waals surface area contributed by atoms with Crippen LogP contribution in [0.15, 0.2) is 35.7 Å². The number of amides is 1. The number of carbonyl (C=O) groups is 2. The minimum atomic E-state index is -0.545. The van der Waals surface area contributed by atoms with E-state index in [1.54, 1.807) is 16.2 Å². The summed E-state index contributed by atoms with van der Waals surface area (Å²) >= 11 is 1.72. The Morgan fingerprint density at radius 1 is 1.11 bits per heavy atom. The number of rotatable bonds is 5. The van der Waals surface area contributed by atoms with E-state index in [0.29, 0.717) is 18.8 Å². The van der Waals surface area contributed by atoms with Crippen molar-refractivity contribution in [3.63, 3.8) is 0 Å². The van der Waals surface area contributed by atoms with Crippen molar-refractivity contribution in [3.05, 3.63) is 51.7 Å². The molecular weight excluding hydrogens is 362 g/mol. The Hall–Kier alpha value is -2.34. The van der Waals surface area contributed by atoms with Crippen molar-refractivity contribution in [2.45, 2.75) is 39.2 Å². The van der Waals surface area contributed by atoms with Crippen LogP contribution in [0.3, 0.4) is 0 Å². The van der Waals surface area contributed by atoms with Crippen molar-refractivity contribution in [2.75, 3.05) is 19.8 Å². The molecule has 0 fully saturated rings. The van der Waals surface area contributed by atoms with Crippen molar-refractivity contribution in [2.24, 2.45) is 0 Å². The average molecular weight is 388 g/mol. The lowest BCUT2D eigenvalue weighted by atomic mass is 9.87. The summed E-state index contributed by atoms with van der Waals surface area (Å²) in [4.78, 5) is 27.2. The molecule has 0 aliphatic carbocycles. The average Bonchev–Trinajstić information content (AvgIpc) is 3.11. The van der Waals surface area contributed by atoms with Gasteiger partial charge in [-0.3, -0.25) is 4.79 Å². The summed E-state index contributed by atoms with van der Waals surface area (Å²) in [5.74, 6) is -0.112. The normalized spacial score (nSPS) is 13.8. The molecule has 5 nitrogen and oxygen atoms in total. The van der Waals surface area contributed by atoms with Crippen LogP contribution < -0.4 is 4.74 Å². The number of nitrogens with zero attached hydrogens (tertiary/aromatic N) is 1. The fraction of sp³-hybridized carbons (Fsp3) is 0.429. The van der Waals surface area contributed by atoms with Gasteiger partial charge in [0.2, 0.25) is 0 Å². The Balaban J connectivity index is 1.41. The number of fused-ring (bicyclic) bond motifs is 1. The SMILES string of the molecule is CC(C)(C)c1ccc(OCC(=O)OCC(=O)N2CCc3sccc3C2)cc1. The van der Waals surface area contributed by atoms with E-state index in [2.05, 4.69) is 20.8 Å². The quantitative estimate of drug-likeness (QED) is 0.736. The van der Waals surface area contributed by atoms with Crippen LogP contribution in [-0.4, -0.2) is 36.5 Å². The van der Waals surface area contributed by atoms with Crippen LogP contribution in [0.25, 0.3) is 0 Å². The number of thiophene rings is 1. The molecule has 1 aromatic carbocycles. The summed E-state index contributed by atoms with van der Waals surface area (Å²) in [6, 6.07) is 9.69. The van der Waals surface area contributed by atoms with Crippen LogP contribution in [0.1, 0.15) is 36.8 Å². The standard InChI is InChI=1S/C21H25NO4S/c1-21(2,3)16-4-6-17(7-5-16)25-14-20(24)26-13-19(23)22-10-8-18-15(12-22)9-11-27-18/h4-7,9,11H,8,10,12-14H2,1-3H3. The molecule has 0 spiro atoms. The number of carbonyl (C=O) groups excluding carboxylic acids is 2. The molecule has 1 amide bonds. The maximum absolute atomic E-state index is 12.3. The Labute approximate surface area is 163 Å². The Morgan fingerprint density at radius 2 is 1.85 bits per heavy atom. The highest BCUT2D eigenvalue weighted by Gasteiger charge is 2.22. The van der Waals surface area contributed by atoms with Crippen molar-refractivity contribution in [3.8, 4) is 5.75 Å². The van der Waals surface area contributed by atoms with Gasteiger partial charge in [0.1, 0.15) is 5.75 Å². The fourth-order valence-corrected chi connectivity index (χ4v) is 3.82. The maximum atomic E-state index is 12.3. The van der Waals surface area contributed by atoms with Gasteiger partial charge in [0.15, 0.2) is 13.2 Å². The van der Waals surface area contributed by atoms with Gasteiger partial charge >= 0.3 is 5.97 Å². The van der Waals surface area contributed by atoms with Gasteiger partial charge in [-0.2, -0.15) is 0 Å². The number of hydrogen-bond donors (Lipinski definition) is 0. The smallest absolute Gasteiger partial charge is 0.344 e. The zero-order valence-electron chi connectivity index (χ0n) is 16.0. The number of benzene rings is 1. The summed E-state index contributed by atoms with van der Waals surface area (Å²) in [7, 11) is 0. The van der Waals surface area contributed by atoms with Crippen LogP contribution in [0.2, 0.25) is 0 Å². The molecule has 0 saturated carbocycles. The first-order valence-electron chi connectivity index (χ1n) is 9.05. The molecule has 1 aliphatic heterocycles. The summed E-state index contributed by atoms with van der Waals surface area (Å²) in [6.07, 6.45) is 0.861. The third-order valence-corrected chi connectivity index (χ3v) is 5.62. The number of hydrogen-bond acceptors (Lipinski definition) is 5. The lowest BCUT2D eigenvalue weighted by Gasteiger charge is -2.26. The molecule has 0 N–H and O–H groups in total. The van der Waals surface area contributed by atoms with E-state index < -0.39 is 5.97 Å². The summed E-state index contributed by atoms with van der Waals surface area (Å²) in [5, 5.41) is 2.05. The van der Waals surface area contributed by atoms with Crippen LogP contribution in [0, 0.1) is 0 Å². The van der Waals surface area contributed by atoms with Crippen LogP contribution in [0.4, 0.5) is 0 Å². The molecule has 0 bridgehead atoms. The summed E-state index contributed by atoms with van der Waals surface area (Å²) in [5.41, 5.74) is 2.45. The zero-order valence-corrected chi connectivity index (χ0v) is 16.8. The first-order valence-corrected chi connectivity index (χ1v) is 9.93. The highest BCUT2D eigenvalue weighted by molar-refractivity contribution is 7.10. The molecule has 1 aromatic heterocycles. The van der Waals surface area contributed by atoms with Crippen molar-refractivity contribution in [1.82, 2.24) is 4.90 Å². The van der Waals surface area contributed by atoms with E-state index in [0.717, 1.165) is 6.42 Å². The zero-order chi connectivity index (χ0) is 19.4. The minimum Gasteiger partial charge on any atom is -0.482 e. The molecule has 2 aromatic rings. The first-order chi connectivity index (χ1) is 12.8. The highest BCUT2D eigenvalue weighted by Crippen LogP contribution is 2.25. The molecule has 3 rings (SSSR count). The van der Waals surface area contributed by atoms with Gasteiger partial charge in [0, 0.05) is 18.0 Å². The molecule has 2 heterocycles. The van der Waals surface area contributed by atoms with Crippen LogP contribution in [-0.2, 0) is 32.7 Å². The van der Waals surface area contributed by atoms with Gasteiger partial charge in [-0.25, -0.2) is 4.79 Å². The monoisotopic (exact) mass is 387 g/mol. The second-order valence-electron chi connectivity index (χ2n) is 7.66. The summed E-state index contributed by atoms with van der Waals surface area (Å²) < 4.78 is 10.5. The van der Waals surface area contributed by atoms with E-state index in [9.17, 15) is 9.59 Å². The van der Waals surface area contributed by atoms with Gasteiger partial charge in [0.25, 0.3) is 5.91 Å². The van der Waals surface area contributed by atoms with Crippen molar-refractivity contribution in [1.29, 1.82) is 0 Å². The predicted molar refractivity (Wildman–Crippen MR) is 105 cm³/mol. The van der Waals surface area contributed by atoms with E-state index in [1.807, 2.05) is 35.7 Å². The lowest BCUT2D eigenvalue weighted by molar-refractivity contribution is -0.154. The third kappa shape index (κ3) is 5.10. The second-order valence-corrected chi connectivity index (χ2v) is 8.66. The molecule has 144 valence electrons. The fourth-order valence-electron chi connectivity index (χ4n) is 2.93. The lowest BCUT2D eigenvalue weighted by Crippen LogP contribution is -2.38. The second kappa shape index (κ2) is 8.13. The Bertz CT molecular complexity index is 804. The maximum Gasteiger partial charge on any atom is 0.344 e. The number of ether oxygens (including phenoxy) is 2. The predicted octanol–water partition coefficient (Wildman–Crippen LogP) is 3.55. The molecule has 0 atom stereocenters. The van der Waals surface area contributed by atoms with E-state index in [1.165, 1.54) is 16.0 Å². The number of esters is 1. The van der Waals surface area contributed by atoms with Crippen molar-refractivity contribution >= 4 is 23.2 Å². The van der Waals surface area contributed by atoms with E-state index in [4.69, 9.17) is 9.47 Å². The largest absolute Gasteiger partial charge is 0.482 e. The molecule has 1 aliphatic rings. The molecular formula is C21H25NO4S.